The van der Waals surface area contributed by atoms with Gasteiger partial charge in [-0.1, -0.05) is 12.1 Å². The lowest BCUT2D eigenvalue weighted by molar-refractivity contribution is -0.281. The highest BCUT2D eigenvalue weighted by Gasteiger charge is 2.38. The molecule has 0 N–H and O–H groups in total. The molecular formula is C9H17NO4. The summed E-state index contributed by atoms with van der Waals surface area (Å²) in [4.78, 5) is 10.4. The van der Waals surface area contributed by atoms with Crippen molar-refractivity contribution >= 4 is 0 Å². The number of methoxy groups -OCH3 is 1. The number of ether oxygens (including phenoxy) is 3. The Labute approximate surface area is 83.7 Å². The van der Waals surface area contributed by atoms with Gasteiger partial charge in [0.2, 0.25) is 0 Å². The lowest BCUT2D eigenvalue weighted by Gasteiger charge is -2.28. The minimum Gasteiger partial charge on any atom is -0.354 e. The Bertz CT molecular complexity index is 207. The normalized spacial score (nSPS) is 33.3. The maximum absolute atomic E-state index is 10.4. The molecule has 1 fully saturated rings. The van der Waals surface area contributed by atoms with Gasteiger partial charge in [-0.2, -0.15) is 4.91 Å². The van der Waals surface area contributed by atoms with Gasteiger partial charge in [0.05, 0.1) is 6.61 Å². The van der Waals surface area contributed by atoms with Crippen molar-refractivity contribution in [1.82, 2.24) is 0 Å². The van der Waals surface area contributed by atoms with Crippen molar-refractivity contribution < 1.29 is 14.2 Å². The van der Waals surface area contributed by atoms with Crippen molar-refractivity contribution in [2.75, 3.05) is 13.7 Å². The summed E-state index contributed by atoms with van der Waals surface area (Å²) < 4.78 is 16.0. The number of nitrogens with zero attached hydrogens (tertiary/aromatic N) is 1. The summed E-state index contributed by atoms with van der Waals surface area (Å²) in [7, 11) is 1.56. The van der Waals surface area contributed by atoms with Crippen LogP contribution in [-0.2, 0) is 14.2 Å². The topological polar surface area (TPSA) is 57.1 Å². The maximum Gasteiger partial charge on any atom is 0.165 e. The molecule has 2 unspecified atom stereocenters. The van der Waals surface area contributed by atoms with Crippen LogP contribution >= 0.6 is 0 Å². The molecule has 1 heterocycles. The summed E-state index contributed by atoms with van der Waals surface area (Å²) in [5.41, 5.74) is 0. The summed E-state index contributed by atoms with van der Waals surface area (Å²) in [6.45, 7) is 5.81. The van der Waals surface area contributed by atoms with Crippen molar-refractivity contribution in [3.05, 3.63) is 4.91 Å². The molecule has 1 saturated heterocycles. The van der Waals surface area contributed by atoms with Crippen LogP contribution in [0.3, 0.4) is 0 Å². The summed E-state index contributed by atoms with van der Waals surface area (Å²) in [5, 5.41) is 2.98. The minimum absolute atomic E-state index is 0.0260. The summed E-state index contributed by atoms with van der Waals surface area (Å²) >= 11 is 0. The molecule has 1 aliphatic rings. The Kier molecular flexibility index (Phi) is 3.58. The molecule has 1 rings (SSSR count). The molecule has 0 aromatic carbocycles. The van der Waals surface area contributed by atoms with E-state index in [9.17, 15) is 4.91 Å². The molecule has 0 aromatic heterocycles. The molecule has 0 saturated carbocycles. The standard InChI is InChI=1S/C9H17NO4/c1-6-7(10-11)5-13-8(6)14-9(2,3)12-4/h6-8H,5H2,1-4H3/t6?,7-,8?/m1/s1. The summed E-state index contributed by atoms with van der Waals surface area (Å²) in [6, 6.07) is -0.312. The van der Waals surface area contributed by atoms with E-state index >= 15 is 0 Å². The van der Waals surface area contributed by atoms with Crippen LogP contribution in [-0.4, -0.2) is 31.8 Å². The monoisotopic (exact) mass is 203 g/mol. The van der Waals surface area contributed by atoms with E-state index in [1.165, 1.54) is 0 Å². The highest BCUT2D eigenvalue weighted by Crippen LogP contribution is 2.28. The Morgan fingerprint density at radius 3 is 2.57 bits per heavy atom. The number of hydrogen-bond donors (Lipinski definition) is 0. The molecule has 0 spiro atoms. The first kappa shape index (κ1) is 11.6. The van der Waals surface area contributed by atoms with E-state index in [2.05, 4.69) is 5.18 Å². The fourth-order valence-electron chi connectivity index (χ4n) is 1.27. The first-order chi connectivity index (χ1) is 6.50. The largest absolute Gasteiger partial charge is 0.354 e. The van der Waals surface area contributed by atoms with E-state index in [1.807, 2.05) is 6.92 Å². The zero-order valence-corrected chi connectivity index (χ0v) is 9.02. The van der Waals surface area contributed by atoms with E-state index in [4.69, 9.17) is 14.2 Å². The highest BCUT2D eigenvalue weighted by molar-refractivity contribution is 4.81. The third-order valence-corrected chi connectivity index (χ3v) is 2.49. The number of rotatable bonds is 4. The van der Waals surface area contributed by atoms with Gasteiger partial charge < -0.3 is 14.2 Å². The van der Waals surface area contributed by atoms with Gasteiger partial charge in [-0.05, 0) is 13.8 Å². The molecule has 0 bridgehead atoms. The highest BCUT2D eigenvalue weighted by atomic mass is 16.8. The van der Waals surface area contributed by atoms with Crippen LogP contribution in [0.5, 0.6) is 0 Å². The molecule has 0 amide bonds. The average molecular weight is 203 g/mol. The minimum atomic E-state index is -0.698. The van der Waals surface area contributed by atoms with Crippen LogP contribution in [0.15, 0.2) is 5.18 Å². The quantitative estimate of drug-likeness (QED) is 0.513. The van der Waals surface area contributed by atoms with Crippen molar-refractivity contribution in [1.29, 1.82) is 0 Å². The SMILES string of the molecule is COC(C)(C)OC1OC[C@@H](N=O)C1C. The van der Waals surface area contributed by atoms with Crippen molar-refractivity contribution in [3.63, 3.8) is 0 Å². The zero-order valence-electron chi connectivity index (χ0n) is 9.02. The van der Waals surface area contributed by atoms with Gasteiger partial charge in [0.1, 0.15) is 6.04 Å². The van der Waals surface area contributed by atoms with Gasteiger partial charge in [-0.25, -0.2) is 0 Å². The third kappa shape index (κ3) is 2.50. The lowest BCUT2D eigenvalue weighted by Crippen LogP contribution is -2.35. The fraction of sp³-hybridized carbons (Fsp3) is 1.00. The van der Waals surface area contributed by atoms with Gasteiger partial charge in [-0.15, -0.1) is 0 Å². The van der Waals surface area contributed by atoms with Crippen LogP contribution < -0.4 is 0 Å². The molecule has 0 radical (unpaired) electrons. The van der Waals surface area contributed by atoms with Crippen molar-refractivity contribution in [2.45, 2.75) is 38.9 Å². The Hall–Kier alpha value is -0.520. The summed E-state index contributed by atoms with van der Waals surface area (Å²) in [5.74, 6) is -0.724. The molecule has 3 atom stereocenters. The Morgan fingerprint density at radius 2 is 2.14 bits per heavy atom. The molecule has 0 aromatic rings. The first-order valence-corrected chi connectivity index (χ1v) is 4.67. The maximum atomic E-state index is 10.4. The van der Waals surface area contributed by atoms with E-state index in [1.54, 1.807) is 21.0 Å². The fourth-order valence-corrected chi connectivity index (χ4v) is 1.27. The average Bonchev–Trinajstić information content (AvgIpc) is 2.47. The van der Waals surface area contributed by atoms with Crippen LogP contribution in [0.1, 0.15) is 20.8 Å². The van der Waals surface area contributed by atoms with Crippen LogP contribution in [0, 0.1) is 10.8 Å². The van der Waals surface area contributed by atoms with Crippen molar-refractivity contribution in [3.8, 4) is 0 Å². The predicted molar refractivity (Wildman–Crippen MR) is 50.7 cm³/mol. The van der Waals surface area contributed by atoms with E-state index in [-0.39, 0.29) is 12.0 Å². The van der Waals surface area contributed by atoms with Gasteiger partial charge in [0, 0.05) is 13.0 Å². The van der Waals surface area contributed by atoms with Crippen LogP contribution in [0.2, 0.25) is 0 Å². The van der Waals surface area contributed by atoms with Crippen LogP contribution in [0.25, 0.3) is 0 Å². The third-order valence-electron chi connectivity index (χ3n) is 2.49. The molecule has 14 heavy (non-hydrogen) atoms. The second-order valence-corrected chi connectivity index (χ2v) is 3.96. The summed E-state index contributed by atoms with van der Waals surface area (Å²) in [6.07, 6.45) is -0.410. The van der Waals surface area contributed by atoms with Crippen molar-refractivity contribution in [2.24, 2.45) is 11.1 Å². The van der Waals surface area contributed by atoms with Gasteiger partial charge in [-0.3, -0.25) is 0 Å². The van der Waals surface area contributed by atoms with Gasteiger partial charge in [0.15, 0.2) is 12.1 Å². The second kappa shape index (κ2) is 4.33. The molecule has 5 nitrogen and oxygen atoms in total. The second-order valence-electron chi connectivity index (χ2n) is 3.96. The van der Waals surface area contributed by atoms with Gasteiger partial charge >= 0.3 is 0 Å². The Balaban J connectivity index is 2.51. The zero-order chi connectivity index (χ0) is 10.8. The van der Waals surface area contributed by atoms with E-state index in [0.717, 1.165) is 0 Å². The molecule has 0 aliphatic carbocycles. The first-order valence-electron chi connectivity index (χ1n) is 4.67. The molecular weight excluding hydrogens is 186 g/mol. The molecule has 82 valence electrons. The molecule has 1 aliphatic heterocycles. The molecule has 5 heteroatoms. The smallest absolute Gasteiger partial charge is 0.165 e. The lowest BCUT2D eigenvalue weighted by atomic mass is 10.1. The van der Waals surface area contributed by atoms with Crippen LogP contribution in [0.4, 0.5) is 0 Å². The number of hydrogen-bond acceptors (Lipinski definition) is 5. The van der Waals surface area contributed by atoms with Gasteiger partial charge in [0.25, 0.3) is 0 Å². The van der Waals surface area contributed by atoms with E-state index < -0.39 is 12.1 Å². The Morgan fingerprint density at radius 1 is 1.50 bits per heavy atom. The van der Waals surface area contributed by atoms with E-state index in [0.29, 0.717) is 6.61 Å². The number of nitroso groups, excluding NO2 is 1. The predicted octanol–water partition coefficient (Wildman–Crippen LogP) is 1.51.